The summed E-state index contributed by atoms with van der Waals surface area (Å²) in [4.78, 5) is 9.02. The van der Waals surface area contributed by atoms with Crippen LogP contribution in [0, 0.1) is 12.8 Å². The van der Waals surface area contributed by atoms with E-state index in [0.29, 0.717) is 11.1 Å². The molecule has 1 aromatic heterocycles. The summed E-state index contributed by atoms with van der Waals surface area (Å²) in [6, 6.07) is 0. The Labute approximate surface area is 123 Å². The maximum Gasteiger partial charge on any atom is 0.147 e. The second-order valence-corrected chi connectivity index (χ2v) is 6.43. The lowest BCUT2D eigenvalue weighted by molar-refractivity contribution is 0.302. The van der Waals surface area contributed by atoms with Gasteiger partial charge in [-0.1, -0.05) is 31.4 Å². The third-order valence-electron chi connectivity index (χ3n) is 3.90. The van der Waals surface area contributed by atoms with Crippen LogP contribution in [0.4, 0.5) is 0 Å². The van der Waals surface area contributed by atoms with E-state index in [1.807, 2.05) is 6.92 Å². The van der Waals surface area contributed by atoms with Gasteiger partial charge in [0.25, 0.3) is 0 Å². The molecular formula is C14H20BrClN2. The Kier molecular flexibility index (Phi) is 5.02. The van der Waals surface area contributed by atoms with Gasteiger partial charge in [0.1, 0.15) is 11.0 Å². The van der Waals surface area contributed by atoms with Gasteiger partial charge in [-0.2, -0.15) is 0 Å². The van der Waals surface area contributed by atoms with Crippen molar-refractivity contribution in [3.8, 4) is 0 Å². The summed E-state index contributed by atoms with van der Waals surface area (Å²) in [6.45, 7) is 4.25. The minimum atomic E-state index is 0.502. The van der Waals surface area contributed by atoms with Gasteiger partial charge in [-0.05, 0) is 54.5 Å². The summed E-state index contributed by atoms with van der Waals surface area (Å²) in [5.41, 5.74) is 0.945. The number of aromatic nitrogens is 2. The molecular weight excluding hydrogens is 312 g/mol. The van der Waals surface area contributed by atoms with Crippen molar-refractivity contribution in [1.82, 2.24) is 9.97 Å². The van der Waals surface area contributed by atoms with Crippen LogP contribution in [0.1, 0.15) is 62.9 Å². The summed E-state index contributed by atoms with van der Waals surface area (Å²) < 4.78 is 0.826. The Morgan fingerprint density at radius 2 is 1.89 bits per heavy atom. The topological polar surface area (TPSA) is 25.8 Å². The molecule has 1 aliphatic rings. The van der Waals surface area contributed by atoms with Crippen molar-refractivity contribution < 1.29 is 0 Å². The highest BCUT2D eigenvalue weighted by Gasteiger charge is 2.24. The lowest BCUT2D eigenvalue weighted by atomic mass is 9.80. The SMILES string of the molecule is CCCC1CCC(c2nc(C)c(Br)c(Cl)n2)CC1. The number of nitrogens with zero attached hydrogens (tertiary/aromatic N) is 2. The maximum atomic E-state index is 6.12. The molecule has 2 nitrogen and oxygen atoms in total. The predicted octanol–water partition coefficient (Wildman–Crippen LogP) is 5.27. The smallest absolute Gasteiger partial charge is 0.147 e. The van der Waals surface area contributed by atoms with Gasteiger partial charge in [0.05, 0.1) is 10.2 Å². The van der Waals surface area contributed by atoms with E-state index in [2.05, 4.69) is 32.8 Å². The first-order chi connectivity index (χ1) is 8.61. The first kappa shape index (κ1) is 14.3. The van der Waals surface area contributed by atoms with Crippen molar-refractivity contribution in [1.29, 1.82) is 0 Å². The van der Waals surface area contributed by atoms with Crippen LogP contribution in [-0.2, 0) is 0 Å². The van der Waals surface area contributed by atoms with Gasteiger partial charge < -0.3 is 0 Å². The molecule has 0 N–H and O–H groups in total. The fourth-order valence-electron chi connectivity index (χ4n) is 2.84. The number of hydrogen-bond acceptors (Lipinski definition) is 2. The fourth-order valence-corrected chi connectivity index (χ4v) is 3.25. The van der Waals surface area contributed by atoms with E-state index in [0.717, 1.165) is 21.9 Å². The lowest BCUT2D eigenvalue weighted by Crippen LogP contribution is -2.15. The monoisotopic (exact) mass is 330 g/mol. The van der Waals surface area contributed by atoms with E-state index >= 15 is 0 Å². The molecule has 0 amide bonds. The van der Waals surface area contributed by atoms with Gasteiger partial charge in [0, 0.05) is 5.92 Å². The maximum absolute atomic E-state index is 6.12. The molecule has 0 atom stereocenters. The van der Waals surface area contributed by atoms with Crippen LogP contribution in [0.15, 0.2) is 4.47 Å². The van der Waals surface area contributed by atoms with E-state index < -0.39 is 0 Å². The summed E-state index contributed by atoms with van der Waals surface area (Å²) in [5, 5.41) is 0.549. The molecule has 18 heavy (non-hydrogen) atoms. The van der Waals surface area contributed by atoms with Crippen LogP contribution < -0.4 is 0 Å². The predicted molar refractivity (Wildman–Crippen MR) is 79.1 cm³/mol. The summed E-state index contributed by atoms with van der Waals surface area (Å²) in [5.74, 6) is 2.36. The van der Waals surface area contributed by atoms with Gasteiger partial charge in [-0.15, -0.1) is 0 Å². The van der Waals surface area contributed by atoms with E-state index in [-0.39, 0.29) is 0 Å². The first-order valence-electron chi connectivity index (χ1n) is 6.81. The minimum Gasteiger partial charge on any atom is -0.237 e. The van der Waals surface area contributed by atoms with Crippen LogP contribution in [0.2, 0.25) is 5.15 Å². The number of halogens is 2. The average molecular weight is 332 g/mol. The zero-order valence-corrected chi connectivity index (χ0v) is 13.4. The number of hydrogen-bond donors (Lipinski definition) is 0. The highest BCUT2D eigenvalue weighted by Crippen LogP contribution is 2.37. The largest absolute Gasteiger partial charge is 0.237 e. The molecule has 1 heterocycles. The second kappa shape index (κ2) is 6.33. The van der Waals surface area contributed by atoms with Crippen LogP contribution in [0.3, 0.4) is 0 Å². The van der Waals surface area contributed by atoms with Crippen molar-refractivity contribution in [3.05, 3.63) is 21.1 Å². The lowest BCUT2D eigenvalue weighted by Gasteiger charge is -2.27. The van der Waals surface area contributed by atoms with Crippen molar-refractivity contribution in [3.63, 3.8) is 0 Å². The third-order valence-corrected chi connectivity index (χ3v) is 5.35. The molecule has 0 aliphatic heterocycles. The van der Waals surface area contributed by atoms with E-state index in [1.165, 1.54) is 38.5 Å². The Morgan fingerprint density at radius 3 is 2.44 bits per heavy atom. The molecule has 4 heteroatoms. The van der Waals surface area contributed by atoms with Crippen LogP contribution in [0.5, 0.6) is 0 Å². The van der Waals surface area contributed by atoms with E-state index in [1.54, 1.807) is 0 Å². The van der Waals surface area contributed by atoms with Gasteiger partial charge in [0.2, 0.25) is 0 Å². The van der Waals surface area contributed by atoms with Crippen LogP contribution >= 0.6 is 27.5 Å². The molecule has 1 fully saturated rings. The quantitative estimate of drug-likeness (QED) is 0.705. The molecule has 0 aromatic carbocycles. The normalized spacial score (nSPS) is 24.2. The first-order valence-corrected chi connectivity index (χ1v) is 7.98. The van der Waals surface area contributed by atoms with Crippen molar-refractivity contribution in [2.24, 2.45) is 5.92 Å². The van der Waals surface area contributed by atoms with Crippen molar-refractivity contribution >= 4 is 27.5 Å². The molecule has 100 valence electrons. The van der Waals surface area contributed by atoms with E-state index in [9.17, 15) is 0 Å². The number of aryl methyl sites for hydroxylation is 1. The van der Waals surface area contributed by atoms with Gasteiger partial charge in [-0.25, -0.2) is 9.97 Å². The molecule has 0 saturated heterocycles. The molecule has 0 spiro atoms. The second-order valence-electron chi connectivity index (χ2n) is 5.28. The highest BCUT2D eigenvalue weighted by atomic mass is 79.9. The summed E-state index contributed by atoms with van der Waals surface area (Å²) in [7, 11) is 0. The highest BCUT2D eigenvalue weighted by molar-refractivity contribution is 9.10. The van der Waals surface area contributed by atoms with Crippen molar-refractivity contribution in [2.75, 3.05) is 0 Å². The van der Waals surface area contributed by atoms with Gasteiger partial charge >= 0.3 is 0 Å². The molecule has 1 aromatic rings. The Balaban J connectivity index is 2.05. The van der Waals surface area contributed by atoms with Crippen LogP contribution in [0.25, 0.3) is 0 Å². The Bertz CT molecular complexity index is 391. The zero-order valence-electron chi connectivity index (χ0n) is 11.0. The summed E-state index contributed by atoms with van der Waals surface area (Å²) in [6.07, 6.45) is 7.72. The molecule has 2 rings (SSSR count). The minimum absolute atomic E-state index is 0.502. The van der Waals surface area contributed by atoms with E-state index in [4.69, 9.17) is 11.6 Å². The Hall–Kier alpha value is -0.150. The van der Waals surface area contributed by atoms with Crippen molar-refractivity contribution in [2.45, 2.75) is 58.3 Å². The number of rotatable bonds is 3. The standard InChI is InChI=1S/C14H20BrClN2/c1-3-4-10-5-7-11(8-6-10)14-17-9(2)12(15)13(16)18-14/h10-11H,3-8H2,1-2H3. The molecule has 0 bridgehead atoms. The molecule has 0 unspecified atom stereocenters. The Morgan fingerprint density at radius 1 is 1.22 bits per heavy atom. The van der Waals surface area contributed by atoms with Gasteiger partial charge in [-0.3, -0.25) is 0 Å². The third kappa shape index (κ3) is 3.24. The summed E-state index contributed by atoms with van der Waals surface area (Å²) >= 11 is 9.53. The molecule has 1 saturated carbocycles. The average Bonchev–Trinajstić information content (AvgIpc) is 2.37. The molecule has 1 aliphatic carbocycles. The molecule has 0 radical (unpaired) electrons. The zero-order chi connectivity index (χ0) is 13.1. The van der Waals surface area contributed by atoms with Crippen LogP contribution in [-0.4, -0.2) is 9.97 Å². The van der Waals surface area contributed by atoms with Gasteiger partial charge in [0.15, 0.2) is 0 Å². The fraction of sp³-hybridized carbons (Fsp3) is 0.714.